The zero-order valence-electron chi connectivity index (χ0n) is 26.8. The summed E-state index contributed by atoms with van der Waals surface area (Å²) in [5.74, 6) is -12.1. The molecule has 5 aliphatic carbocycles. The molecule has 0 aliphatic heterocycles. The number of hydrogen-bond donors (Lipinski definition) is 5. The van der Waals surface area contributed by atoms with Gasteiger partial charge in [0.15, 0.2) is 34.5 Å². The van der Waals surface area contributed by atoms with Crippen LogP contribution < -0.4 is 5.73 Å². The van der Waals surface area contributed by atoms with E-state index in [4.69, 9.17) is 5.73 Å². The number of aliphatic hydroxyl groups is 3. The van der Waals surface area contributed by atoms with Gasteiger partial charge in [-0.15, -0.1) is 0 Å². The number of aliphatic hydroxyl groups excluding tert-OH is 2. The normalized spacial score (nSPS) is 24.5. The van der Waals surface area contributed by atoms with Gasteiger partial charge in [-0.1, -0.05) is 54.6 Å². The summed E-state index contributed by atoms with van der Waals surface area (Å²) in [6, 6.07) is 14.2. The molecule has 1 amide bonds. The zero-order chi connectivity index (χ0) is 36.3. The van der Waals surface area contributed by atoms with Crippen LogP contribution in [0.2, 0.25) is 0 Å². The molecule has 3 atom stereocenters. The van der Waals surface area contributed by atoms with Gasteiger partial charge in [0.05, 0.1) is 17.4 Å². The lowest BCUT2D eigenvalue weighted by Crippen LogP contribution is -2.58. The smallest absolute Gasteiger partial charge is 0.255 e. The van der Waals surface area contributed by atoms with Crippen LogP contribution in [-0.4, -0.2) is 66.6 Å². The number of hydrogen-bond acceptors (Lipinski definition) is 11. The first-order valence-electron chi connectivity index (χ1n) is 16.4. The standard InChI is InChI=1S/C39H29NO11/c40-38(50)29-26(41)14-18-10-16-12-23-15(11-24-31(43)19-5-1-2-6-20(19)32(24)44)9-17(13-25-33(45)21-7-3-4-8-22(21)34(25)46)30(42)28(23)35(47)27(16)36(48)39(18,51)37(29)49/h1-9,16,18,24-25,42,47,49,51H,10-14H2,(H2,40,50)/t16-,18+,39+/m1/s1. The molecule has 0 bridgehead atoms. The number of Topliss-reactive ketones (excluding diaryl/α,β-unsaturated/α-hetero) is 6. The average molecular weight is 688 g/mol. The van der Waals surface area contributed by atoms with Crippen molar-refractivity contribution in [3.8, 4) is 5.75 Å². The van der Waals surface area contributed by atoms with Gasteiger partial charge in [0.2, 0.25) is 5.78 Å². The first-order valence-corrected chi connectivity index (χ1v) is 16.4. The largest absolute Gasteiger partial charge is 0.508 e. The number of ketones is 6. The average Bonchev–Trinajstić information content (AvgIpc) is 3.48. The number of phenols is 1. The van der Waals surface area contributed by atoms with Gasteiger partial charge in [-0.2, -0.15) is 0 Å². The summed E-state index contributed by atoms with van der Waals surface area (Å²) in [6.07, 6.45) is -1.14. The van der Waals surface area contributed by atoms with Crippen LogP contribution in [0.5, 0.6) is 5.75 Å². The van der Waals surface area contributed by atoms with E-state index in [0.717, 1.165) is 0 Å². The van der Waals surface area contributed by atoms with Crippen LogP contribution in [0.1, 0.15) is 76.5 Å². The van der Waals surface area contributed by atoms with Gasteiger partial charge in [0, 0.05) is 40.2 Å². The third-order valence-electron chi connectivity index (χ3n) is 11.3. The maximum absolute atomic E-state index is 14.1. The number of nitrogens with two attached hydrogens (primary N) is 1. The molecule has 3 aromatic rings. The number of carbonyl (C=O) groups excluding carboxylic acids is 7. The molecule has 8 rings (SSSR count). The van der Waals surface area contributed by atoms with Gasteiger partial charge < -0.3 is 26.2 Å². The molecular formula is C39H29NO11. The number of primary amides is 1. The van der Waals surface area contributed by atoms with E-state index in [2.05, 4.69) is 0 Å². The lowest BCUT2D eigenvalue weighted by molar-refractivity contribution is -0.147. The fourth-order valence-electron chi connectivity index (χ4n) is 8.79. The minimum Gasteiger partial charge on any atom is -0.508 e. The van der Waals surface area contributed by atoms with E-state index in [1.165, 1.54) is 18.2 Å². The summed E-state index contributed by atoms with van der Waals surface area (Å²) >= 11 is 0. The predicted octanol–water partition coefficient (Wildman–Crippen LogP) is 2.90. The maximum atomic E-state index is 14.1. The number of phenolic OH excluding ortho intramolecular Hbond substituents is 1. The van der Waals surface area contributed by atoms with Crippen molar-refractivity contribution in [3.63, 3.8) is 0 Å². The first-order chi connectivity index (χ1) is 24.2. The second-order valence-electron chi connectivity index (χ2n) is 13.9. The van der Waals surface area contributed by atoms with Gasteiger partial charge in [-0.3, -0.25) is 33.6 Å². The Bertz CT molecular complexity index is 2240. The van der Waals surface area contributed by atoms with Gasteiger partial charge in [0.1, 0.15) is 22.8 Å². The van der Waals surface area contributed by atoms with Gasteiger partial charge in [0.25, 0.3) is 5.91 Å². The molecule has 256 valence electrons. The first kappa shape index (κ1) is 32.2. The summed E-state index contributed by atoms with van der Waals surface area (Å²) in [4.78, 5) is 92.6. The molecule has 1 saturated carbocycles. The van der Waals surface area contributed by atoms with Crippen LogP contribution >= 0.6 is 0 Å². The van der Waals surface area contributed by atoms with Crippen LogP contribution in [0, 0.1) is 23.7 Å². The Morgan fingerprint density at radius 1 is 0.745 bits per heavy atom. The number of aromatic hydroxyl groups is 1. The van der Waals surface area contributed by atoms with Crippen molar-refractivity contribution >= 4 is 46.4 Å². The summed E-state index contributed by atoms with van der Waals surface area (Å²) < 4.78 is 0. The Kier molecular flexibility index (Phi) is 6.94. The number of amides is 1. The van der Waals surface area contributed by atoms with E-state index in [0.29, 0.717) is 11.1 Å². The SMILES string of the molecule is NC(=O)C1=C(O)[C@@]2(O)C(=O)C3=C(O)c4c(O)c(CC5C(=O)c6ccccc6C5=O)cc(CC5C(=O)c6ccccc6C5=O)c4C[C@H]3C[C@H]2CC1=O. The van der Waals surface area contributed by atoms with Crippen molar-refractivity contribution in [3.05, 3.63) is 116 Å². The van der Waals surface area contributed by atoms with E-state index in [9.17, 15) is 54.0 Å². The highest BCUT2D eigenvalue weighted by atomic mass is 16.3. The van der Waals surface area contributed by atoms with Crippen molar-refractivity contribution < 1.29 is 54.0 Å². The summed E-state index contributed by atoms with van der Waals surface area (Å²) in [7, 11) is 0. The minimum atomic E-state index is -2.77. The molecule has 0 heterocycles. The third kappa shape index (κ3) is 4.32. The number of rotatable bonds is 5. The lowest BCUT2D eigenvalue weighted by Gasteiger charge is -2.46. The van der Waals surface area contributed by atoms with Crippen LogP contribution in [0.3, 0.4) is 0 Å². The lowest BCUT2D eigenvalue weighted by atomic mass is 9.59. The topological polar surface area (TPSA) is 226 Å². The van der Waals surface area contributed by atoms with E-state index in [1.807, 2.05) is 0 Å². The van der Waals surface area contributed by atoms with Crippen molar-refractivity contribution in [1.82, 2.24) is 0 Å². The molecule has 0 aromatic heterocycles. The molecular weight excluding hydrogens is 658 g/mol. The monoisotopic (exact) mass is 687 g/mol. The second-order valence-corrected chi connectivity index (χ2v) is 13.9. The van der Waals surface area contributed by atoms with E-state index < -0.39 is 99.1 Å². The Labute approximate surface area is 288 Å². The number of fused-ring (bicyclic) bond motifs is 5. The number of benzene rings is 3. The van der Waals surface area contributed by atoms with Gasteiger partial charge >= 0.3 is 0 Å². The van der Waals surface area contributed by atoms with Gasteiger partial charge in [-0.05, 0) is 48.3 Å². The minimum absolute atomic E-state index is 0.0335. The highest BCUT2D eigenvalue weighted by Crippen LogP contribution is 2.53. The van der Waals surface area contributed by atoms with Crippen molar-refractivity contribution in [2.75, 3.05) is 0 Å². The zero-order valence-corrected chi connectivity index (χ0v) is 26.8. The molecule has 12 heteroatoms. The van der Waals surface area contributed by atoms with E-state index in [1.54, 1.807) is 36.4 Å². The van der Waals surface area contributed by atoms with Crippen LogP contribution in [0.4, 0.5) is 0 Å². The molecule has 0 radical (unpaired) electrons. The van der Waals surface area contributed by atoms with Crippen molar-refractivity contribution in [2.24, 2.45) is 29.4 Å². The van der Waals surface area contributed by atoms with E-state index in [-0.39, 0.29) is 64.6 Å². The molecule has 0 unspecified atom stereocenters. The molecule has 0 spiro atoms. The molecule has 1 fully saturated rings. The molecule has 51 heavy (non-hydrogen) atoms. The summed E-state index contributed by atoms with van der Waals surface area (Å²) in [5, 5.41) is 46.2. The second kappa shape index (κ2) is 11.0. The molecule has 6 N–H and O–H groups in total. The fourth-order valence-corrected chi connectivity index (χ4v) is 8.79. The number of carbonyl (C=O) groups is 7. The molecule has 3 aromatic carbocycles. The van der Waals surface area contributed by atoms with Crippen LogP contribution in [-0.2, 0) is 33.6 Å². The van der Waals surface area contributed by atoms with Crippen LogP contribution in [0.15, 0.2) is 71.5 Å². The maximum Gasteiger partial charge on any atom is 0.255 e. The Hall–Kier alpha value is -6.01. The van der Waals surface area contributed by atoms with Crippen LogP contribution in [0.25, 0.3) is 5.76 Å². The van der Waals surface area contributed by atoms with E-state index >= 15 is 0 Å². The highest BCUT2D eigenvalue weighted by molar-refractivity contribution is 6.27. The summed E-state index contributed by atoms with van der Waals surface area (Å²) in [5.41, 5.74) is 2.63. The van der Waals surface area contributed by atoms with Crippen molar-refractivity contribution in [2.45, 2.75) is 37.7 Å². The molecule has 0 saturated heterocycles. The van der Waals surface area contributed by atoms with Gasteiger partial charge in [-0.25, -0.2) is 0 Å². The van der Waals surface area contributed by atoms with Crippen molar-refractivity contribution in [1.29, 1.82) is 0 Å². The Morgan fingerprint density at radius 3 is 1.73 bits per heavy atom. The molecule has 12 nitrogen and oxygen atoms in total. The quantitative estimate of drug-likeness (QED) is 0.194. The fraction of sp³-hybridized carbons (Fsp3) is 0.256. The molecule has 5 aliphatic rings. The Balaban J connectivity index is 1.28. The summed E-state index contributed by atoms with van der Waals surface area (Å²) in [6.45, 7) is 0. The predicted molar refractivity (Wildman–Crippen MR) is 176 cm³/mol. The highest BCUT2D eigenvalue weighted by Gasteiger charge is 2.60. The Morgan fingerprint density at radius 2 is 1.24 bits per heavy atom. The third-order valence-corrected chi connectivity index (χ3v) is 11.3.